The van der Waals surface area contributed by atoms with Crippen LogP contribution in [0.25, 0.3) is 0 Å². The van der Waals surface area contributed by atoms with Crippen molar-refractivity contribution in [3.63, 3.8) is 0 Å². The molecule has 0 saturated heterocycles. The number of aryl methyl sites for hydroxylation is 1. The second-order valence-corrected chi connectivity index (χ2v) is 5.88. The Morgan fingerprint density at radius 3 is 2.20 bits per heavy atom. The first-order valence-corrected chi connectivity index (χ1v) is 8.29. The molecule has 0 spiro atoms. The van der Waals surface area contributed by atoms with Crippen LogP contribution >= 0.6 is 0 Å². The van der Waals surface area contributed by atoms with Crippen LogP contribution in [0.3, 0.4) is 0 Å². The minimum absolute atomic E-state index is 0.248. The highest BCUT2D eigenvalue weighted by Gasteiger charge is 2.16. The second kappa shape index (κ2) is 9.37. The maximum absolute atomic E-state index is 11.9. The van der Waals surface area contributed by atoms with E-state index in [2.05, 4.69) is 15.8 Å². The molecule has 1 atom stereocenters. The molecule has 0 aromatic heterocycles. The molecule has 2 aromatic carbocycles. The van der Waals surface area contributed by atoms with Gasteiger partial charge >= 0.3 is 11.8 Å². The van der Waals surface area contributed by atoms with E-state index in [0.717, 1.165) is 17.7 Å². The summed E-state index contributed by atoms with van der Waals surface area (Å²) in [6.45, 7) is 3.66. The van der Waals surface area contributed by atoms with E-state index in [4.69, 9.17) is 0 Å². The Labute approximate surface area is 148 Å². The number of hydrazone groups is 1. The van der Waals surface area contributed by atoms with Crippen LogP contribution < -0.4 is 10.7 Å². The highest BCUT2D eigenvalue weighted by atomic mass is 16.2. The van der Waals surface area contributed by atoms with E-state index in [-0.39, 0.29) is 6.04 Å². The van der Waals surface area contributed by atoms with Gasteiger partial charge in [-0.2, -0.15) is 5.10 Å². The fraction of sp³-hybridized carbons (Fsp3) is 0.250. The summed E-state index contributed by atoms with van der Waals surface area (Å²) >= 11 is 0. The number of carbonyl (C=O) groups excluding carboxylic acids is 2. The van der Waals surface area contributed by atoms with Gasteiger partial charge in [0, 0.05) is 5.71 Å². The van der Waals surface area contributed by atoms with Crippen LogP contribution in [0.4, 0.5) is 0 Å². The van der Waals surface area contributed by atoms with Crippen molar-refractivity contribution in [2.75, 3.05) is 0 Å². The SMILES string of the molecule is C/C(CCc1ccccc1)=N\NC(=O)C(=O)NC(C)c1ccccc1. The molecule has 130 valence electrons. The van der Waals surface area contributed by atoms with Crippen molar-refractivity contribution in [3.8, 4) is 0 Å². The third-order valence-electron chi connectivity index (χ3n) is 3.82. The van der Waals surface area contributed by atoms with Crippen LogP contribution in [-0.2, 0) is 16.0 Å². The zero-order chi connectivity index (χ0) is 18.1. The summed E-state index contributed by atoms with van der Waals surface area (Å²) in [5.74, 6) is -1.46. The van der Waals surface area contributed by atoms with E-state index in [1.807, 2.05) is 74.5 Å². The summed E-state index contributed by atoms with van der Waals surface area (Å²) in [6.07, 6.45) is 1.55. The molecule has 0 aliphatic heterocycles. The van der Waals surface area contributed by atoms with Crippen LogP contribution in [0.2, 0.25) is 0 Å². The van der Waals surface area contributed by atoms with Crippen LogP contribution in [-0.4, -0.2) is 17.5 Å². The molecule has 0 saturated carbocycles. The average Bonchev–Trinajstić information content (AvgIpc) is 2.65. The third kappa shape index (κ3) is 6.22. The predicted molar refractivity (Wildman–Crippen MR) is 99.0 cm³/mol. The average molecular weight is 337 g/mol. The lowest BCUT2D eigenvalue weighted by molar-refractivity contribution is -0.139. The maximum Gasteiger partial charge on any atom is 0.329 e. The van der Waals surface area contributed by atoms with E-state index >= 15 is 0 Å². The number of nitrogens with zero attached hydrogens (tertiary/aromatic N) is 1. The zero-order valence-corrected chi connectivity index (χ0v) is 14.5. The quantitative estimate of drug-likeness (QED) is 0.483. The number of amides is 2. The topological polar surface area (TPSA) is 70.6 Å². The van der Waals surface area contributed by atoms with Gasteiger partial charge in [-0.1, -0.05) is 60.7 Å². The zero-order valence-electron chi connectivity index (χ0n) is 14.5. The van der Waals surface area contributed by atoms with Crippen molar-refractivity contribution in [1.82, 2.24) is 10.7 Å². The minimum Gasteiger partial charge on any atom is -0.341 e. The van der Waals surface area contributed by atoms with Crippen molar-refractivity contribution in [2.45, 2.75) is 32.7 Å². The molecule has 2 N–H and O–H groups in total. The second-order valence-electron chi connectivity index (χ2n) is 5.88. The lowest BCUT2D eigenvalue weighted by Crippen LogP contribution is -2.39. The summed E-state index contributed by atoms with van der Waals surface area (Å²) in [7, 11) is 0. The van der Waals surface area contributed by atoms with Gasteiger partial charge in [0.25, 0.3) is 0 Å². The first-order valence-electron chi connectivity index (χ1n) is 8.29. The molecule has 25 heavy (non-hydrogen) atoms. The van der Waals surface area contributed by atoms with Gasteiger partial charge in [0.2, 0.25) is 0 Å². The van der Waals surface area contributed by atoms with Crippen LogP contribution in [0.5, 0.6) is 0 Å². The van der Waals surface area contributed by atoms with Crippen molar-refractivity contribution < 1.29 is 9.59 Å². The molecule has 2 rings (SSSR count). The number of nitrogens with one attached hydrogen (secondary N) is 2. The Kier molecular flexibility index (Phi) is 6.89. The number of rotatable bonds is 6. The first kappa shape index (κ1) is 18.4. The van der Waals surface area contributed by atoms with Crippen molar-refractivity contribution >= 4 is 17.5 Å². The highest BCUT2D eigenvalue weighted by Crippen LogP contribution is 2.10. The van der Waals surface area contributed by atoms with Gasteiger partial charge in [0.05, 0.1) is 6.04 Å². The van der Waals surface area contributed by atoms with E-state index in [9.17, 15) is 9.59 Å². The Morgan fingerprint density at radius 1 is 0.960 bits per heavy atom. The molecule has 5 nitrogen and oxygen atoms in total. The Hall–Kier alpha value is -2.95. The fourth-order valence-corrected chi connectivity index (χ4v) is 2.31. The lowest BCUT2D eigenvalue weighted by atomic mass is 10.1. The van der Waals surface area contributed by atoms with Crippen molar-refractivity contribution in [3.05, 3.63) is 71.8 Å². The summed E-state index contributed by atoms with van der Waals surface area (Å²) in [6, 6.07) is 19.3. The largest absolute Gasteiger partial charge is 0.341 e. The van der Waals surface area contributed by atoms with Crippen molar-refractivity contribution in [2.24, 2.45) is 5.10 Å². The van der Waals surface area contributed by atoms with Crippen LogP contribution in [0.15, 0.2) is 65.8 Å². The van der Waals surface area contributed by atoms with E-state index in [1.54, 1.807) is 0 Å². The predicted octanol–water partition coefficient (Wildman–Crippen LogP) is 2.99. The maximum atomic E-state index is 11.9. The van der Waals surface area contributed by atoms with Gasteiger partial charge in [0.15, 0.2) is 0 Å². The number of hydrogen-bond donors (Lipinski definition) is 2. The molecule has 0 aliphatic rings. The summed E-state index contributed by atoms with van der Waals surface area (Å²) in [5, 5.41) is 6.65. The monoisotopic (exact) mass is 337 g/mol. The van der Waals surface area contributed by atoms with Gasteiger partial charge in [0.1, 0.15) is 0 Å². The fourth-order valence-electron chi connectivity index (χ4n) is 2.31. The molecule has 0 heterocycles. The Bertz CT molecular complexity index is 727. The lowest BCUT2D eigenvalue weighted by Gasteiger charge is -2.13. The van der Waals surface area contributed by atoms with Gasteiger partial charge < -0.3 is 5.32 Å². The molecular weight excluding hydrogens is 314 g/mol. The van der Waals surface area contributed by atoms with Crippen molar-refractivity contribution in [1.29, 1.82) is 0 Å². The molecular formula is C20H23N3O2. The summed E-state index contributed by atoms with van der Waals surface area (Å²) in [5.41, 5.74) is 5.22. The summed E-state index contributed by atoms with van der Waals surface area (Å²) in [4.78, 5) is 23.8. The van der Waals surface area contributed by atoms with Crippen LogP contribution in [0, 0.1) is 0 Å². The smallest absolute Gasteiger partial charge is 0.329 e. The molecule has 2 aromatic rings. The van der Waals surface area contributed by atoms with E-state index in [1.165, 1.54) is 5.56 Å². The molecule has 5 heteroatoms. The van der Waals surface area contributed by atoms with E-state index in [0.29, 0.717) is 6.42 Å². The molecule has 0 bridgehead atoms. The molecule has 2 amide bonds. The van der Waals surface area contributed by atoms with Gasteiger partial charge in [-0.25, -0.2) is 5.43 Å². The number of carbonyl (C=O) groups is 2. The standard InChI is InChI=1S/C20H23N3O2/c1-15(13-14-17-9-5-3-6-10-17)22-23-20(25)19(24)21-16(2)18-11-7-4-8-12-18/h3-12,16H,13-14H2,1-2H3,(H,21,24)(H,23,25)/b22-15+. The summed E-state index contributed by atoms with van der Waals surface area (Å²) < 4.78 is 0. The third-order valence-corrected chi connectivity index (χ3v) is 3.82. The minimum atomic E-state index is -0.762. The van der Waals surface area contributed by atoms with Crippen LogP contribution in [0.1, 0.15) is 37.4 Å². The Balaban J connectivity index is 1.79. The first-order chi connectivity index (χ1) is 12.1. The van der Waals surface area contributed by atoms with Gasteiger partial charge in [-0.05, 0) is 37.8 Å². The number of benzene rings is 2. The normalized spacial score (nSPS) is 12.3. The molecule has 0 fully saturated rings. The molecule has 0 aliphatic carbocycles. The number of hydrogen-bond acceptors (Lipinski definition) is 3. The highest BCUT2D eigenvalue weighted by molar-refractivity contribution is 6.35. The van der Waals surface area contributed by atoms with Gasteiger partial charge in [-0.15, -0.1) is 0 Å². The van der Waals surface area contributed by atoms with E-state index < -0.39 is 11.8 Å². The molecule has 0 radical (unpaired) electrons. The van der Waals surface area contributed by atoms with Gasteiger partial charge in [-0.3, -0.25) is 9.59 Å². The Morgan fingerprint density at radius 2 is 1.56 bits per heavy atom. The molecule has 1 unspecified atom stereocenters.